The van der Waals surface area contributed by atoms with Gasteiger partial charge in [0.15, 0.2) is 0 Å². The number of nitro groups is 1. The highest BCUT2D eigenvalue weighted by Crippen LogP contribution is 2.41. The third-order valence-corrected chi connectivity index (χ3v) is 3.59. The van der Waals surface area contributed by atoms with Crippen molar-refractivity contribution in [2.75, 3.05) is 18.0 Å². The van der Waals surface area contributed by atoms with Crippen molar-refractivity contribution in [3.63, 3.8) is 0 Å². The molecule has 6 heteroatoms. The van der Waals surface area contributed by atoms with Crippen LogP contribution in [0, 0.1) is 10.1 Å². The van der Waals surface area contributed by atoms with E-state index in [2.05, 4.69) is 32.3 Å². The summed E-state index contributed by atoms with van der Waals surface area (Å²) in [7, 11) is 0. The van der Waals surface area contributed by atoms with Gasteiger partial charge in [0, 0.05) is 41.9 Å². The van der Waals surface area contributed by atoms with Crippen LogP contribution >= 0.6 is 0 Å². The number of anilines is 1. The van der Waals surface area contributed by atoms with Crippen molar-refractivity contribution in [1.82, 2.24) is 0 Å². The van der Waals surface area contributed by atoms with E-state index in [4.69, 9.17) is 5.11 Å². The molecule has 0 saturated heterocycles. The lowest BCUT2D eigenvalue weighted by Crippen LogP contribution is -2.28. The molecule has 1 aliphatic heterocycles. The van der Waals surface area contributed by atoms with Gasteiger partial charge in [-0.25, -0.2) is 4.79 Å². The first kappa shape index (κ1) is 17.7. The number of carboxylic acids is 1. The first-order chi connectivity index (χ1) is 10.1. The summed E-state index contributed by atoms with van der Waals surface area (Å²) in [6, 6.07) is 5.18. The van der Waals surface area contributed by atoms with Crippen LogP contribution in [0.1, 0.15) is 33.3 Å². The Hall–Kier alpha value is -2.37. The van der Waals surface area contributed by atoms with Gasteiger partial charge in [0.2, 0.25) is 0 Å². The number of benzene rings is 1. The summed E-state index contributed by atoms with van der Waals surface area (Å²) >= 11 is 0. The molecule has 0 radical (unpaired) electrons. The zero-order valence-corrected chi connectivity index (χ0v) is 13.4. The number of carbonyl (C=O) groups is 1. The van der Waals surface area contributed by atoms with Gasteiger partial charge in [0.05, 0.1) is 4.92 Å². The summed E-state index contributed by atoms with van der Waals surface area (Å²) < 4.78 is 0. The van der Waals surface area contributed by atoms with Crippen molar-refractivity contribution in [1.29, 1.82) is 0 Å². The number of nitro benzene ring substituents is 1. The van der Waals surface area contributed by atoms with Crippen LogP contribution in [0.25, 0.3) is 0 Å². The molecule has 2 rings (SSSR count). The normalized spacial score (nSPS) is 14.6. The lowest BCUT2D eigenvalue weighted by molar-refractivity contribution is -0.384. The number of non-ortho nitro benzene ring substituents is 1. The predicted molar refractivity (Wildman–Crippen MR) is 86.5 cm³/mol. The molecular formula is C16H22N2O4. The molecule has 1 aliphatic rings. The summed E-state index contributed by atoms with van der Waals surface area (Å²) in [6.45, 7) is 12.8. The maximum absolute atomic E-state index is 10.7. The van der Waals surface area contributed by atoms with Crippen LogP contribution in [-0.4, -0.2) is 29.1 Å². The molecular weight excluding hydrogens is 284 g/mol. The highest BCUT2D eigenvalue weighted by Gasteiger charge is 2.35. The second kappa shape index (κ2) is 6.60. The molecule has 1 aromatic rings. The monoisotopic (exact) mass is 306 g/mol. The van der Waals surface area contributed by atoms with Crippen molar-refractivity contribution in [2.24, 2.45) is 0 Å². The van der Waals surface area contributed by atoms with Gasteiger partial charge in [0.25, 0.3) is 5.69 Å². The van der Waals surface area contributed by atoms with Gasteiger partial charge in [-0.15, -0.1) is 0 Å². The third kappa shape index (κ3) is 3.84. The van der Waals surface area contributed by atoms with E-state index < -0.39 is 5.97 Å². The van der Waals surface area contributed by atoms with E-state index in [1.165, 1.54) is 12.5 Å². The third-order valence-electron chi connectivity index (χ3n) is 3.59. The molecule has 0 unspecified atom stereocenters. The van der Waals surface area contributed by atoms with E-state index in [-0.39, 0.29) is 21.6 Å². The van der Waals surface area contributed by atoms with Crippen LogP contribution in [0.4, 0.5) is 11.4 Å². The van der Waals surface area contributed by atoms with Crippen LogP contribution < -0.4 is 4.90 Å². The van der Waals surface area contributed by atoms with E-state index in [1.54, 1.807) is 12.1 Å². The molecule has 1 heterocycles. The number of rotatable bonds is 3. The minimum Gasteiger partial charge on any atom is -0.478 e. The Labute approximate surface area is 130 Å². The fourth-order valence-corrected chi connectivity index (χ4v) is 2.40. The summed E-state index contributed by atoms with van der Waals surface area (Å²) in [5.74, 6) is -0.935. The van der Waals surface area contributed by atoms with Gasteiger partial charge in [-0.3, -0.25) is 10.1 Å². The molecule has 1 aromatic carbocycles. The Morgan fingerprint density at radius 2 is 2.05 bits per heavy atom. The van der Waals surface area contributed by atoms with Crippen molar-refractivity contribution in [3.8, 4) is 0 Å². The number of hydrogen-bond acceptors (Lipinski definition) is 4. The second-order valence-corrected chi connectivity index (χ2v) is 5.94. The van der Waals surface area contributed by atoms with Gasteiger partial charge in [-0.05, 0) is 25.5 Å². The average molecular weight is 306 g/mol. The number of likely N-dealkylation sites (N-methyl/N-ethyl adjacent to an activating group) is 1. The van der Waals surface area contributed by atoms with Crippen molar-refractivity contribution >= 4 is 17.3 Å². The molecule has 0 amide bonds. The van der Waals surface area contributed by atoms with Crippen LogP contribution in [0.15, 0.2) is 30.4 Å². The summed E-state index contributed by atoms with van der Waals surface area (Å²) in [6.07, 6.45) is 0. The zero-order valence-electron chi connectivity index (χ0n) is 13.4. The molecule has 6 nitrogen and oxygen atoms in total. The van der Waals surface area contributed by atoms with E-state index in [1.807, 2.05) is 6.07 Å². The SMILES string of the molecule is C=C(C)C(=O)O.CCN1CC(C)(C)c2ccc([N+](=O)[O-])cc21. The lowest BCUT2D eigenvalue weighted by Gasteiger charge is -2.20. The van der Waals surface area contributed by atoms with E-state index >= 15 is 0 Å². The molecule has 1 N–H and O–H groups in total. The maximum Gasteiger partial charge on any atom is 0.330 e. The van der Waals surface area contributed by atoms with Crippen LogP contribution in [0.2, 0.25) is 0 Å². The largest absolute Gasteiger partial charge is 0.478 e. The molecule has 0 spiro atoms. The number of aliphatic carboxylic acids is 1. The maximum atomic E-state index is 10.7. The lowest BCUT2D eigenvalue weighted by atomic mass is 9.87. The van der Waals surface area contributed by atoms with Crippen molar-refractivity contribution in [3.05, 3.63) is 46.0 Å². The van der Waals surface area contributed by atoms with Gasteiger partial charge in [-0.1, -0.05) is 20.4 Å². The molecule has 0 aromatic heterocycles. The summed E-state index contributed by atoms with van der Waals surface area (Å²) in [5.41, 5.74) is 2.66. The summed E-state index contributed by atoms with van der Waals surface area (Å²) in [4.78, 5) is 22.2. The Bertz CT molecular complexity index is 596. The topological polar surface area (TPSA) is 83.7 Å². The molecule has 22 heavy (non-hydrogen) atoms. The van der Waals surface area contributed by atoms with Gasteiger partial charge in [0.1, 0.15) is 0 Å². The Morgan fingerprint density at radius 3 is 2.45 bits per heavy atom. The van der Waals surface area contributed by atoms with E-state index in [0.29, 0.717) is 0 Å². The predicted octanol–water partition coefficient (Wildman–Crippen LogP) is 3.36. The average Bonchev–Trinajstić information content (AvgIpc) is 2.70. The smallest absolute Gasteiger partial charge is 0.330 e. The van der Waals surface area contributed by atoms with Crippen molar-refractivity contribution in [2.45, 2.75) is 33.1 Å². The molecule has 0 bridgehead atoms. The highest BCUT2D eigenvalue weighted by atomic mass is 16.6. The summed E-state index contributed by atoms with van der Waals surface area (Å²) in [5, 5.41) is 18.6. The Kier molecular flexibility index (Phi) is 5.30. The standard InChI is InChI=1S/C12H16N2O2.C4H6O2/c1-4-13-8-12(2,3)10-6-5-9(14(15)16)7-11(10)13;1-3(2)4(5)6/h5-7H,4,8H2,1-3H3;1H2,2H3,(H,5,6). The highest BCUT2D eigenvalue weighted by molar-refractivity contribution is 5.84. The molecule has 0 saturated carbocycles. The van der Waals surface area contributed by atoms with Crippen LogP contribution in [0.5, 0.6) is 0 Å². The zero-order chi connectivity index (χ0) is 17.1. The quantitative estimate of drug-likeness (QED) is 0.526. The molecule has 0 fully saturated rings. The van der Waals surface area contributed by atoms with Crippen LogP contribution in [-0.2, 0) is 10.2 Å². The minimum atomic E-state index is -0.935. The van der Waals surface area contributed by atoms with Crippen LogP contribution in [0.3, 0.4) is 0 Å². The van der Waals surface area contributed by atoms with Gasteiger partial charge in [-0.2, -0.15) is 0 Å². The first-order valence-electron chi connectivity index (χ1n) is 7.02. The fourth-order valence-electron chi connectivity index (χ4n) is 2.40. The Balaban J connectivity index is 0.000000346. The molecule has 0 aliphatic carbocycles. The number of fused-ring (bicyclic) bond motifs is 1. The van der Waals surface area contributed by atoms with Crippen molar-refractivity contribution < 1.29 is 14.8 Å². The minimum absolute atomic E-state index is 0.0838. The Morgan fingerprint density at radius 1 is 1.50 bits per heavy atom. The molecule has 120 valence electrons. The van der Waals surface area contributed by atoms with Gasteiger partial charge >= 0.3 is 5.97 Å². The number of carboxylic acid groups (broad SMARTS) is 1. The first-order valence-corrected chi connectivity index (χ1v) is 7.02. The number of nitrogens with zero attached hydrogens (tertiary/aromatic N) is 2. The second-order valence-electron chi connectivity index (χ2n) is 5.94. The van der Waals surface area contributed by atoms with Gasteiger partial charge < -0.3 is 10.0 Å². The van der Waals surface area contributed by atoms with E-state index in [9.17, 15) is 14.9 Å². The fraction of sp³-hybridized carbons (Fsp3) is 0.438. The number of hydrogen-bond donors (Lipinski definition) is 1. The molecule has 0 atom stereocenters. The van der Waals surface area contributed by atoms with E-state index in [0.717, 1.165) is 18.8 Å².